The van der Waals surface area contributed by atoms with Gasteiger partial charge in [-0.3, -0.25) is 4.79 Å². The molecule has 1 amide bonds. The SMILES string of the molecule is COCCC1(CNC(=O)C2(COC)CCNCC2)CC1. The van der Waals surface area contributed by atoms with Crippen LogP contribution in [0, 0.1) is 10.8 Å². The molecule has 1 saturated carbocycles. The number of rotatable bonds is 8. The summed E-state index contributed by atoms with van der Waals surface area (Å²) in [6, 6.07) is 0. The lowest BCUT2D eigenvalue weighted by atomic mass is 9.78. The standard InChI is InChI=1S/C15H28N2O3/c1-19-10-7-14(3-4-14)11-17-13(18)15(12-20-2)5-8-16-9-6-15/h16H,3-12H2,1-2H3,(H,17,18). The van der Waals surface area contributed by atoms with Crippen LogP contribution < -0.4 is 10.6 Å². The fourth-order valence-electron chi connectivity index (χ4n) is 3.08. The highest BCUT2D eigenvalue weighted by Crippen LogP contribution is 2.48. The Hall–Kier alpha value is -0.650. The van der Waals surface area contributed by atoms with Crippen molar-refractivity contribution in [1.29, 1.82) is 0 Å². The molecule has 0 aromatic carbocycles. The van der Waals surface area contributed by atoms with Crippen LogP contribution in [-0.4, -0.2) is 53.0 Å². The molecule has 0 aromatic heterocycles. The Bertz CT molecular complexity index is 318. The highest BCUT2D eigenvalue weighted by molar-refractivity contribution is 5.83. The molecule has 0 bridgehead atoms. The van der Waals surface area contributed by atoms with Gasteiger partial charge in [0.2, 0.25) is 5.91 Å². The highest BCUT2D eigenvalue weighted by Gasteiger charge is 2.45. The van der Waals surface area contributed by atoms with E-state index in [1.807, 2.05) is 0 Å². The van der Waals surface area contributed by atoms with Gasteiger partial charge < -0.3 is 20.1 Å². The van der Waals surface area contributed by atoms with Crippen molar-refractivity contribution in [2.75, 3.05) is 47.1 Å². The fourth-order valence-corrected chi connectivity index (χ4v) is 3.08. The number of nitrogens with one attached hydrogen (secondary N) is 2. The van der Waals surface area contributed by atoms with Crippen LogP contribution in [0.1, 0.15) is 32.1 Å². The quantitative estimate of drug-likeness (QED) is 0.696. The van der Waals surface area contributed by atoms with E-state index in [9.17, 15) is 4.79 Å². The number of piperidine rings is 1. The zero-order valence-corrected chi connectivity index (χ0v) is 12.8. The molecule has 2 rings (SSSR count). The first-order valence-electron chi connectivity index (χ1n) is 7.63. The molecule has 2 fully saturated rings. The largest absolute Gasteiger partial charge is 0.385 e. The maximum absolute atomic E-state index is 12.6. The molecule has 1 aliphatic heterocycles. The van der Waals surface area contributed by atoms with Crippen LogP contribution in [-0.2, 0) is 14.3 Å². The van der Waals surface area contributed by atoms with Gasteiger partial charge in [-0.1, -0.05) is 0 Å². The summed E-state index contributed by atoms with van der Waals surface area (Å²) in [5, 5.41) is 6.50. The highest BCUT2D eigenvalue weighted by atomic mass is 16.5. The van der Waals surface area contributed by atoms with Crippen LogP contribution in [0.15, 0.2) is 0 Å². The number of hydrogen-bond acceptors (Lipinski definition) is 4. The first-order chi connectivity index (χ1) is 9.66. The summed E-state index contributed by atoms with van der Waals surface area (Å²) in [6.07, 6.45) is 5.17. The predicted molar refractivity (Wildman–Crippen MR) is 77.6 cm³/mol. The van der Waals surface area contributed by atoms with E-state index in [2.05, 4.69) is 10.6 Å². The van der Waals surface area contributed by atoms with Crippen molar-refractivity contribution < 1.29 is 14.3 Å². The third-order valence-corrected chi connectivity index (χ3v) is 4.88. The van der Waals surface area contributed by atoms with Gasteiger partial charge in [0.05, 0.1) is 12.0 Å². The van der Waals surface area contributed by atoms with Crippen molar-refractivity contribution in [1.82, 2.24) is 10.6 Å². The summed E-state index contributed by atoms with van der Waals surface area (Å²) < 4.78 is 10.5. The van der Waals surface area contributed by atoms with E-state index in [-0.39, 0.29) is 11.3 Å². The van der Waals surface area contributed by atoms with Gasteiger partial charge in [0, 0.05) is 27.4 Å². The van der Waals surface area contributed by atoms with Gasteiger partial charge in [0.1, 0.15) is 0 Å². The molecule has 5 heteroatoms. The van der Waals surface area contributed by atoms with Crippen LogP contribution in [0.25, 0.3) is 0 Å². The van der Waals surface area contributed by atoms with E-state index in [4.69, 9.17) is 9.47 Å². The molecule has 0 radical (unpaired) electrons. The number of ether oxygens (including phenoxy) is 2. The average Bonchev–Trinajstić information content (AvgIpc) is 3.24. The summed E-state index contributed by atoms with van der Waals surface area (Å²) >= 11 is 0. The van der Waals surface area contributed by atoms with Gasteiger partial charge in [0.25, 0.3) is 0 Å². The second-order valence-electron chi connectivity index (χ2n) is 6.39. The molecule has 1 aliphatic carbocycles. The van der Waals surface area contributed by atoms with Crippen LogP contribution in [0.5, 0.6) is 0 Å². The molecule has 5 nitrogen and oxygen atoms in total. The summed E-state index contributed by atoms with van der Waals surface area (Å²) in [7, 11) is 3.41. The van der Waals surface area contributed by atoms with E-state index >= 15 is 0 Å². The molecule has 0 spiro atoms. The van der Waals surface area contributed by atoms with Crippen molar-refractivity contribution in [3.05, 3.63) is 0 Å². The fraction of sp³-hybridized carbons (Fsp3) is 0.933. The monoisotopic (exact) mass is 284 g/mol. The van der Waals surface area contributed by atoms with Crippen molar-refractivity contribution in [2.45, 2.75) is 32.1 Å². The average molecular weight is 284 g/mol. The normalized spacial score (nSPS) is 23.3. The second kappa shape index (κ2) is 6.87. The third-order valence-electron chi connectivity index (χ3n) is 4.88. The Morgan fingerprint density at radius 3 is 2.40 bits per heavy atom. The molecule has 2 N–H and O–H groups in total. The van der Waals surface area contributed by atoms with Crippen molar-refractivity contribution >= 4 is 5.91 Å². The van der Waals surface area contributed by atoms with Gasteiger partial charge in [-0.05, 0) is 50.6 Å². The van der Waals surface area contributed by atoms with Gasteiger partial charge in [-0.25, -0.2) is 0 Å². The first-order valence-corrected chi connectivity index (χ1v) is 7.63. The van der Waals surface area contributed by atoms with Gasteiger partial charge in [0.15, 0.2) is 0 Å². The van der Waals surface area contributed by atoms with E-state index in [0.29, 0.717) is 12.0 Å². The lowest BCUT2D eigenvalue weighted by molar-refractivity contribution is -0.136. The molecule has 0 atom stereocenters. The maximum atomic E-state index is 12.6. The molecule has 2 aliphatic rings. The summed E-state index contributed by atoms with van der Waals surface area (Å²) in [5.74, 6) is 0.171. The number of amides is 1. The molecule has 1 heterocycles. The van der Waals surface area contributed by atoms with Crippen molar-refractivity contribution in [2.24, 2.45) is 10.8 Å². The topological polar surface area (TPSA) is 59.6 Å². The Balaban J connectivity index is 1.85. The van der Waals surface area contributed by atoms with E-state index < -0.39 is 0 Å². The molecule has 116 valence electrons. The van der Waals surface area contributed by atoms with E-state index in [1.165, 1.54) is 12.8 Å². The number of methoxy groups -OCH3 is 2. The lowest BCUT2D eigenvalue weighted by Gasteiger charge is -2.36. The van der Waals surface area contributed by atoms with Crippen molar-refractivity contribution in [3.8, 4) is 0 Å². The molecular formula is C15H28N2O3. The molecule has 20 heavy (non-hydrogen) atoms. The minimum atomic E-state index is -0.336. The maximum Gasteiger partial charge on any atom is 0.228 e. The smallest absolute Gasteiger partial charge is 0.228 e. The molecule has 0 unspecified atom stereocenters. The lowest BCUT2D eigenvalue weighted by Crippen LogP contribution is -2.51. The van der Waals surface area contributed by atoms with Gasteiger partial charge in [-0.15, -0.1) is 0 Å². The van der Waals surface area contributed by atoms with Crippen LogP contribution in [0.2, 0.25) is 0 Å². The summed E-state index contributed by atoms with van der Waals surface area (Å²) in [5.41, 5.74) is -0.0375. The Kier molecular flexibility index (Phi) is 5.41. The Morgan fingerprint density at radius 2 is 1.85 bits per heavy atom. The number of carbonyl (C=O) groups is 1. The minimum absolute atomic E-state index is 0.171. The van der Waals surface area contributed by atoms with E-state index in [0.717, 1.165) is 45.5 Å². The van der Waals surface area contributed by atoms with Gasteiger partial charge in [-0.2, -0.15) is 0 Å². The number of hydrogen-bond donors (Lipinski definition) is 2. The zero-order valence-electron chi connectivity index (χ0n) is 12.8. The summed E-state index contributed by atoms with van der Waals surface area (Å²) in [6.45, 7) is 3.87. The Labute approximate surface area is 121 Å². The van der Waals surface area contributed by atoms with Crippen LogP contribution in [0.3, 0.4) is 0 Å². The molecular weight excluding hydrogens is 256 g/mol. The Morgan fingerprint density at radius 1 is 1.15 bits per heavy atom. The van der Waals surface area contributed by atoms with Gasteiger partial charge >= 0.3 is 0 Å². The number of carbonyl (C=O) groups excluding carboxylic acids is 1. The molecule has 1 saturated heterocycles. The third kappa shape index (κ3) is 3.71. The van der Waals surface area contributed by atoms with E-state index in [1.54, 1.807) is 14.2 Å². The summed E-state index contributed by atoms with van der Waals surface area (Å²) in [4.78, 5) is 12.6. The van der Waals surface area contributed by atoms with Crippen molar-refractivity contribution in [3.63, 3.8) is 0 Å². The minimum Gasteiger partial charge on any atom is -0.385 e. The second-order valence-corrected chi connectivity index (χ2v) is 6.39. The first kappa shape index (κ1) is 15.7. The van der Waals surface area contributed by atoms with Crippen LogP contribution in [0.4, 0.5) is 0 Å². The zero-order chi connectivity index (χ0) is 14.5. The van der Waals surface area contributed by atoms with Crippen LogP contribution >= 0.6 is 0 Å². The molecule has 0 aromatic rings. The predicted octanol–water partition coefficient (Wildman–Crippen LogP) is 0.935.